The summed E-state index contributed by atoms with van der Waals surface area (Å²) in [5, 5.41) is 0. The van der Waals surface area contributed by atoms with Gasteiger partial charge in [0.05, 0.1) is 0 Å². The SMILES string of the molecule is c1ccc(SCc2ccccc2C2CCCC2)cc1. The van der Waals surface area contributed by atoms with Crippen molar-refractivity contribution in [2.24, 2.45) is 0 Å². The van der Waals surface area contributed by atoms with Crippen molar-refractivity contribution >= 4 is 11.8 Å². The van der Waals surface area contributed by atoms with Crippen LogP contribution in [0.2, 0.25) is 0 Å². The molecule has 1 heteroatoms. The van der Waals surface area contributed by atoms with E-state index in [-0.39, 0.29) is 0 Å². The molecule has 19 heavy (non-hydrogen) atoms. The van der Waals surface area contributed by atoms with Crippen LogP contribution in [0, 0.1) is 0 Å². The van der Waals surface area contributed by atoms with Crippen LogP contribution in [-0.4, -0.2) is 0 Å². The Morgan fingerprint density at radius 2 is 1.53 bits per heavy atom. The average Bonchev–Trinajstić information content (AvgIpc) is 3.01. The van der Waals surface area contributed by atoms with Crippen LogP contribution in [0.15, 0.2) is 59.5 Å². The fourth-order valence-corrected chi connectivity index (χ4v) is 3.91. The van der Waals surface area contributed by atoms with Crippen LogP contribution in [0.1, 0.15) is 42.7 Å². The zero-order valence-corrected chi connectivity index (χ0v) is 12.0. The number of thioether (sulfide) groups is 1. The van der Waals surface area contributed by atoms with Gasteiger partial charge in [-0.2, -0.15) is 0 Å². The summed E-state index contributed by atoms with van der Waals surface area (Å²) in [4.78, 5) is 1.36. The second kappa shape index (κ2) is 6.29. The quantitative estimate of drug-likeness (QED) is 0.647. The Bertz CT molecular complexity index is 512. The van der Waals surface area contributed by atoms with Crippen molar-refractivity contribution in [2.75, 3.05) is 0 Å². The molecule has 0 atom stereocenters. The molecule has 1 saturated carbocycles. The summed E-state index contributed by atoms with van der Waals surface area (Å²) in [5.41, 5.74) is 3.13. The molecule has 1 aliphatic rings. The van der Waals surface area contributed by atoms with Crippen LogP contribution >= 0.6 is 11.8 Å². The third-order valence-electron chi connectivity index (χ3n) is 3.99. The normalized spacial score (nSPS) is 15.8. The number of rotatable bonds is 4. The van der Waals surface area contributed by atoms with Gasteiger partial charge in [-0.05, 0) is 42.0 Å². The molecule has 0 heterocycles. The molecule has 3 rings (SSSR count). The number of hydrogen-bond acceptors (Lipinski definition) is 1. The van der Waals surface area contributed by atoms with E-state index >= 15 is 0 Å². The molecule has 0 N–H and O–H groups in total. The minimum absolute atomic E-state index is 0.813. The van der Waals surface area contributed by atoms with E-state index in [2.05, 4.69) is 54.6 Å². The van der Waals surface area contributed by atoms with E-state index in [9.17, 15) is 0 Å². The van der Waals surface area contributed by atoms with Crippen LogP contribution in [0.4, 0.5) is 0 Å². The molecule has 1 aliphatic carbocycles. The Labute approximate surface area is 120 Å². The third kappa shape index (κ3) is 3.22. The molecule has 1 fully saturated rings. The molecule has 0 spiro atoms. The van der Waals surface area contributed by atoms with Gasteiger partial charge >= 0.3 is 0 Å². The smallest absolute Gasteiger partial charge is 0.0234 e. The minimum Gasteiger partial charge on any atom is -0.121 e. The first-order valence-electron chi connectivity index (χ1n) is 7.19. The highest BCUT2D eigenvalue weighted by Crippen LogP contribution is 2.37. The van der Waals surface area contributed by atoms with Crippen molar-refractivity contribution in [2.45, 2.75) is 42.2 Å². The van der Waals surface area contributed by atoms with Gasteiger partial charge in [0.2, 0.25) is 0 Å². The van der Waals surface area contributed by atoms with Gasteiger partial charge in [-0.3, -0.25) is 0 Å². The molecule has 0 aliphatic heterocycles. The van der Waals surface area contributed by atoms with Crippen molar-refractivity contribution in [3.63, 3.8) is 0 Å². The van der Waals surface area contributed by atoms with Gasteiger partial charge in [-0.1, -0.05) is 55.3 Å². The second-order valence-electron chi connectivity index (χ2n) is 5.28. The predicted octanol–water partition coefficient (Wildman–Crippen LogP) is 5.64. The molecule has 98 valence electrons. The largest absolute Gasteiger partial charge is 0.121 e. The summed E-state index contributed by atoms with van der Waals surface area (Å²) >= 11 is 1.95. The van der Waals surface area contributed by atoms with Gasteiger partial charge in [0.25, 0.3) is 0 Å². The predicted molar refractivity (Wildman–Crippen MR) is 83.7 cm³/mol. The van der Waals surface area contributed by atoms with Gasteiger partial charge in [0, 0.05) is 10.6 Å². The van der Waals surface area contributed by atoms with Gasteiger partial charge in [-0.15, -0.1) is 11.8 Å². The van der Waals surface area contributed by atoms with Crippen molar-refractivity contribution in [1.29, 1.82) is 0 Å². The van der Waals surface area contributed by atoms with Gasteiger partial charge in [0.15, 0.2) is 0 Å². The summed E-state index contributed by atoms with van der Waals surface area (Å²) in [6.45, 7) is 0. The standard InChI is InChI=1S/C18H20S/c1-2-11-17(12-3-1)19-14-16-10-6-7-13-18(16)15-8-4-5-9-15/h1-3,6-7,10-13,15H,4-5,8-9,14H2. The summed E-state index contributed by atoms with van der Waals surface area (Å²) in [6, 6.07) is 19.7. The van der Waals surface area contributed by atoms with E-state index in [0.717, 1.165) is 11.7 Å². The molecule has 2 aromatic carbocycles. The van der Waals surface area contributed by atoms with Crippen LogP contribution in [0.3, 0.4) is 0 Å². The number of benzene rings is 2. The maximum absolute atomic E-state index is 2.34. The summed E-state index contributed by atoms with van der Waals surface area (Å²) in [6.07, 6.45) is 5.58. The zero-order valence-electron chi connectivity index (χ0n) is 11.2. The lowest BCUT2D eigenvalue weighted by atomic mass is 9.94. The average molecular weight is 268 g/mol. The third-order valence-corrected chi connectivity index (χ3v) is 5.05. The van der Waals surface area contributed by atoms with Crippen molar-refractivity contribution < 1.29 is 0 Å². The van der Waals surface area contributed by atoms with Crippen LogP contribution in [0.5, 0.6) is 0 Å². The van der Waals surface area contributed by atoms with E-state index in [1.165, 1.54) is 36.1 Å². The van der Waals surface area contributed by atoms with E-state index in [1.54, 1.807) is 5.56 Å². The molecule has 2 aromatic rings. The van der Waals surface area contributed by atoms with Gasteiger partial charge in [0.1, 0.15) is 0 Å². The van der Waals surface area contributed by atoms with E-state index in [0.29, 0.717) is 0 Å². The Hall–Kier alpha value is -1.21. The van der Waals surface area contributed by atoms with Crippen LogP contribution < -0.4 is 0 Å². The highest BCUT2D eigenvalue weighted by atomic mass is 32.2. The highest BCUT2D eigenvalue weighted by Gasteiger charge is 2.19. The van der Waals surface area contributed by atoms with E-state index in [1.807, 2.05) is 11.8 Å². The fraction of sp³-hybridized carbons (Fsp3) is 0.333. The Balaban J connectivity index is 1.73. The van der Waals surface area contributed by atoms with E-state index in [4.69, 9.17) is 0 Å². The van der Waals surface area contributed by atoms with E-state index < -0.39 is 0 Å². The fourth-order valence-electron chi connectivity index (χ4n) is 2.98. The van der Waals surface area contributed by atoms with Crippen molar-refractivity contribution in [1.82, 2.24) is 0 Å². The topological polar surface area (TPSA) is 0 Å². The maximum atomic E-state index is 2.34. The molecular formula is C18H20S. The molecule has 0 unspecified atom stereocenters. The zero-order chi connectivity index (χ0) is 12.9. The molecule has 0 bridgehead atoms. The van der Waals surface area contributed by atoms with Crippen molar-refractivity contribution in [3.05, 3.63) is 65.7 Å². The first kappa shape index (κ1) is 12.8. The second-order valence-corrected chi connectivity index (χ2v) is 6.33. The molecule has 0 saturated heterocycles. The van der Waals surface area contributed by atoms with Gasteiger partial charge < -0.3 is 0 Å². The van der Waals surface area contributed by atoms with Crippen molar-refractivity contribution in [3.8, 4) is 0 Å². The summed E-state index contributed by atoms with van der Waals surface area (Å²) in [5.74, 6) is 1.91. The molecule has 0 amide bonds. The lowest BCUT2D eigenvalue weighted by Crippen LogP contribution is -1.97. The first-order chi connectivity index (χ1) is 9.43. The van der Waals surface area contributed by atoms with Crippen LogP contribution in [0.25, 0.3) is 0 Å². The summed E-state index contributed by atoms with van der Waals surface area (Å²) < 4.78 is 0. The maximum Gasteiger partial charge on any atom is 0.0234 e. The lowest BCUT2D eigenvalue weighted by molar-refractivity contribution is 0.717. The van der Waals surface area contributed by atoms with Crippen LogP contribution in [-0.2, 0) is 5.75 Å². The molecule has 0 aromatic heterocycles. The summed E-state index contributed by atoms with van der Waals surface area (Å²) in [7, 11) is 0. The van der Waals surface area contributed by atoms with Gasteiger partial charge in [-0.25, -0.2) is 0 Å². The Kier molecular flexibility index (Phi) is 4.24. The Morgan fingerprint density at radius 3 is 2.32 bits per heavy atom. The highest BCUT2D eigenvalue weighted by molar-refractivity contribution is 7.98. The molecular weight excluding hydrogens is 248 g/mol. The Morgan fingerprint density at radius 1 is 0.842 bits per heavy atom. The minimum atomic E-state index is 0.813. The molecule has 0 radical (unpaired) electrons. The lowest BCUT2D eigenvalue weighted by Gasteiger charge is -2.15. The number of hydrogen-bond donors (Lipinski definition) is 0. The monoisotopic (exact) mass is 268 g/mol. The molecule has 0 nitrogen and oxygen atoms in total. The first-order valence-corrected chi connectivity index (χ1v) is 8.18.